The smallest absolute Gasteiger partial charge is 0.233 e. The van der Waals surface area contributed by atoms with Crippen LogP contribution in [0, 0.1) is 0 Å². The molecule has 1 atom stereocenters. The fourth-order valence-electron chi connectivity index (χ4n) is 4.19. The molecule has 1 unspecified atom stereocenters. The molecule has 2 N–H and O–H groups in total. The Morgan fingerprint density at radius 3 is 2.96 bits per heavy atom. The first-order valence-corrected chi connectivity index (χ1v) is 11.5. The van der Waals surface area contributed by atoms with E-state index < -0.39 is 0 Å². The number of nitrogens with zero attached hydrogens (tertiary/aromatic N) is 3. The number of thiophene rings is 1. The highest BCUT2D eigenvalue weighted by Crippen LogP contribution is 2.38. The number of thioether (sulfide) groups is 1. The SMILES string of the molecule is CCC1CCCCN1C(=O)CSc1nc(N)c2c3c(sc2n1)CCCC3. The largest absolute Gasteiger partial charge is 0.383 e. The lowest BCUT2D eigenvalue weighted by atomic mass is 9.97. The number of anilines is 1. The van der Waals surface area contributed by atoms with E-state index >= 15 is 0 Å². The highest BCUT2D eigenvalue weighted by atomic mass is 32.2. The first kappa shape index (κ1) is 18.0. The molecular formula is C19H26N4OS2. The molecule has 0 spiro atoms. The molecular weight excluding hydrogens is 364 g/mol. The third-order valence-corrected chi connectivity index (χ3v) is 7.58. The molecule has 1 fully saturated rings. The molecule has 7 heteroatoms. The second kappa shape index (κ2) is 7.72. The summed E-state index contributed by atoms with van der Waals surface area (Å²) < 4.78 is 0. The maximum absolute atomic E-state index is 12.7. The Balaban J connectivity index is 1.50. The van der Waals surface area contributed by atoms with Crippen LogP contribution in [0.1, 0.15) is 55.9 Å². The first-order valence-electron chi connectivity index (χ1n) is 9.67. The standard InChI is InChI=1S/C19H26N4OS2/c1-2-12-7-5-6-10-23(12)15(24)11-25-19-21-17(20)16-13-8-3-4-9-14(13)26-18(16)22-19/h12H,2-11H2,1H3,(H2,20,21,22). The molecule has 1 saturated heterocycles. The summed E-state index contributed by atoms with van der Waals surface area (Å²) in [6, 6.07) is 0.398. The van der Waals surface area contributed by atoms with E-state index in [0.29, 0.717) is 22.8 Å². The van der Waals surface area contributed by atoms with Crippen molar-refractivity contribution in [2.24, 2.45) is 0 Å². The number of aromatic nitrogens is 2. The summed E-state index contributed by atoms with van der Waals surface area (Å²) in [6.45, 7) is 3.05. The van der Waals surface area contributed by atoms with Gasteiger partial charge in [0.1, 0.15) is 10.6 Å². The highest BCUT2D eigenvalue weighted by Gasteiger charge is 2.26. The normalized spacial score (nSPS) is 20.3. The number of piperidine rings is 1. The van der Waals surface area contributed by atoms with E-state index in [-0.39, 0.29) is 5.91 Å². The summed E-state index contributed by atoms with van der Waals surface area (Å²) >= 11 is 3.18. The van der Waals surface area contributed by atoms with E-state index in [4.69, 9.17) is 10.7 Å². The van der Waals surface area contributed by atoms with Gasteiger partial charge in [-0.25, -0.2) is 9.97 Å². The number of amides is 1. The molecule has 1 aliphatic carbocycles. The van der Waals surface area contributed by atoms with Crippen molar-refractivity contribution in [2.75, 3.05) is 18.0 Å². The number of carbonyl (C=O) groups is 1. The minimum absolute atomic E-state index is 0.203. The third-order valence-electron chi connectivity index (χ3n) is 5.57. The molecule has 1 aliphatic heterocycles. The number of nitrogen functional groups attached to an aromatic ring is 1. The fourth-order valence-corrected chi connectivity index (χ4v) is 6.26. The van der Waals surface area contributed by atoms with Crippen molar-refractivity contribution < 1.29 is 4.79 Å². The second-order valence-electron chi connectivity index (χ2n) is 7.22. The number of aryl methyl sites for hydroxylation is 2. The number of hydrogen-bond acceptors (Lipinski definition) is 6. The van der Waals surface area contributed by atoms with Gasteiger partial charge in [0.2, 0.25) is 5.91 Å². The topological polar surface area (TPSA) is 72.1 Å². The van der Waals surface area contributed by atoms with Crippen LogP contribution in [-0.2, 0) is 17.6 Å². The highest BCUT2D eigenvalue weighted by molar-refractivity contribution is 7.99. The predicted molar refractivity (Wildman–Crippen MR) is 109 cm³/mol. The van der Waals surface area contributed by atoms with Crippen molar-refractivity contribution in [3.05, 3.63) is 10.4 Å². The summed E-state index contributed by atoms with van der Waals surface area (Å²) in [5.41, 5.74) is 7.63. The van der Waals surface area contributed by atoms with Gasteiger partial charge >= 0.3 is 0 Å². The van der Waals surface area contributed by atoms with Crippen molar-refractivity contribution in [2.45, 2.75) is 69.5 Å². The van der Waals surface area contributed by atoms with Crippen molar-refractivity contribution >= 4 is 45.0 Å². The van der Waals surface area contributed by atoms with Crippen LogP contribution in [0.25, 0.3) is 10.2 Å². The average molecular weight is 391 g/mol. The zero-order valence-electron chi connectivity index (χ0n) is 15.3. The van der Waals surface area contributed by atoms with E-state index in [2.05, 4.69) is 16.8 Å². The summed E-state index contributed by atoms with van der Waals surface area (Å²) in [7, 11) is 0. The molecule has 5 nitrogen and oxygen atoms in total. The van der Waals surface area contributed by atoms with Crippen LogP contribution in [0.5, 0.6) is 0 Å². The monoisotopic (exact) mass is 390 g/mol. The molecule has 140 valence electrons. The Kier molecular flexibility index (Phi) is 5.36. The molecule has 0 aromatic carbocycles. The van der Waals surface area contributed by atoms with Gasteiger partial charge < -0.3 is 10.6 Å². The molecule has 2 aliphatic rings. The molecule has 4 rings (SSSR count). The lowest BCUT2D eigenvalue weighted by Gasteiger charge is -2.35. The Labute approximate surface area is 162 Å². The van der Waals surface area contributed by atoms with Crippen LogP contribution in [0.15, 0.2) is 5.16 Å². The second-order valence-corrected chi connectivity index (χ2v) is 9.24. The van der Waals surface area contributed by atoms with Gasteiger partial charge in [-0.15, -0.1) is 11.3 Å². The number of likely N-dealkylation sites (tertiary alicyclic amines) is 1. The third kappa shape index (κ3) is 3.43. The minimum Gasteiger partial charge on any atom is -0.383 e. The number of rotatable bonds is 4. The summed E-state index contributed by atoms with van der Waals surface area (Å²) in [6.07, 6.45) is 9.19. The first-order chi connectivity index (χ1) is 12.7. The van der Waals surface area contributed by atoms with Gasteiger partial charge in [0.15, 0.2) is 5.16 Å². The van der Waals surface area contributed by atoms with Crippen LogP contribution in [-0.4, -0.2) is 39.1 Å². The molecule has 3 heterocycles. The zero-order valence-corrected chi connectivity index (χ0v) is 16.9. The zero-order chi connectivity index (χ0) is 18.1. The Bertz CT molecular complexity index is 819. The van der Waals surface area contributed by atoms with Crippen LogP contribution in [0.3, 0.4) is 0 Å². The molecule has 0 saturated carbocycles. The van der Waals surface area contributed by atoms with E-state index in [0.717, 1.165) is 48.9 Å². The molecule has 1 amide bonds. The number of nitrogens with two attached hydrogens (primary N) is 1. The summed E-state index contributed by atoms with van der Waals surface area (Å²) in [5.74, 6) is 1.18. The average Bonchev–Trinajstić information content (AvgIpc) is 3.05. The molecule has 0 bridgehead atoms. The Morgan fingerprint density at radius 1 is 1.27 bits per heavy atom. The van der Waals surface area contributed by atoms with E-state index in [1.165, 1.54) is 41.5 Å². The maximum atomic E-state index is 12.7. The molecule has 2 aromatic heterocycles. The summed E-state index contributed by atoms with van der Waals surface area (Å²) in [4.78, 5) is 26.4. The van der Waals surface area contributed by atoms with Gasteiger partial charge in [0, 0.05) is 17.5 Å². The van der Waals surface area contributed by atoms with Gasteiger partial charge in [0.25, 0.3) is 0 Å². The van der Waals surface area contributed by atoms with Crippen molar-refractivity contribution in [1.29, 1.82) is 0 Å². The van der Waals surface area contributed by atoms with Gasteiger partial charge in [-0.1, -0.05) is 18.7 Å². The lowest BCUT2D eigenvalue weighted by molar-refractivity contribution is -0.132. The molecule has 2 aromatic rings. The Morgan fingerprint density at radius 2 is 2.12 bits per heavy atom. The van der Waals surface area contributed by atoms with Crippen LogP contribution in [0.4, 0.5) is 5.82 Å². The van der Waals surface area contributed by atoms with E-state index in [1.807, 2.05) is 0 Å². The number of carbonyl (C=O) groups excluding carboxylic acids is 1. The van der Waals surface area contributed by atoms with Gasteiger partial charge in [-0.2, -0.15) is 0 Å². The van der Waals surface area contributed by atoms with E-state index in [1.54, 1.807) is 11.3 Å². The van der Waals surface area contributed by atoms with Crippen molar-refractivity contribution in [3.63, 3.8) is 0 Å². The van der Waals surface area contributed by atoms with Gasteiger partial charge in [-0.3, -0.25) is 4.79 Å². The minimum atomic E-state index is 0.203. The molecule has 0 radical (unpaired) electrons. The number of hydrogen-bond donors (Lipinski definition) is 1. The van der Waals surface area contributed by atoms with Crippen LogP contribution in [0.2, 0.25) is 0 Å². The predicted octanol–water partition coefficient (Wildman–Crippen LogP) is 4.04. The summed E-state index contributed by atoms with van der Waals surface area (Å²) in [5, 5.41) is 1.69. The van der Waals surface area contributed by atoms with Gasteiger partial charge in [0.05, 0.1) is 11.1 Å². The van der Waals surface area contributed by atoms with E-state index in [9.17, 15) is 4.79 Å². The number of fused-ring (bicyclic) bond motifs is 3. The molecule has 26 heavy (non-hydrogen) atoms. The fraction of sp³-hybridized carbons (Fsp3) is 0.632. The Hall–Kier alpha value is -1.34. The van der Waals surface area contributed by atoms with Crippen LogP contribution >= 0.6 is 23.1 Å². The van der Waals surface area contributed by atoms with Crippen molar-refractivity contribution in [3.8, 4) is 0 Å². The lowest BCUT2D eigenvalue weighted by Crippen LogP contribution is -2.44. The van der Waals surface area contributed by atoms with Crippen molar-refractivity contribution in [1.82, 2.24) is 14.9 Å². The maximum Gasteiger partial charge on any atom is 0.233 e. The quantitative estimate of drug-likeness (QED) is 0.630. The van der Waals surface area contributed by atoms with Gasteiger partial charge in [-0.05, 0) is 56.9 Å². The van der Waals surface area contributed by atoms with Crippen LogP contribution < -0.4 is 5.73 Å².